The van der Waals surface area contributed by atoms with E-state index in [0.717, 1.165) is 4.68 Å². The van der Waals surface area contributed by atoms with Crippen molar-refractivity contribution in [2.75, 3.05) is 5.84 Å². The quantitative estimate of drug-likeness (QED) is 0.591. The van der Waals surface area contributed by atoms with Crippen LogP contribution in [0.5, 0.6) is 0 Å². The number of aromatic nitrogens is 1. The number of pyridine rings is 1. The minimum atomic E-state index is -0.365. The lowest BCUT2D eigenvalue weighted by Crippen LogP contribution is -2.26. The summed E-state index contributed by atoms with van der Waals surface area (Å²) in [5, 5.41) is 3.59. The Hall–Kier alpha value is -1.88. The number of rotatable bonds is 1. The van der Waals surface area contributed by atoms with Crippen LogP contribution in [-0.4, -0.2) is 4.68 Å². The summed E-state index contributed by atoms with van der Waals surface area (Å²) >= 11 is 5.88. The molecule has 1 heterocycles. The number of hydrogen-bond acceptors (Lipinski definition) is 4. The molecule has 0 saturated heterocycles. The third kappa shape index (κ3) is 1.46. The Morgan fingerprint density at radius 1 is 1.33 bits per heavy atom. The van der Waals surface area contributed by atoms with E-state index in [2.05, 4.69) is 5.18 Å². The first-order chi connectivity index (χ1) is 7.13. The van der Waals surface area contributed by atoms with Crippen molar-refractivity contribution in [2.45, 2.75) is 0 Å². The fourth-order valence-corrected chi connectivity index (χ4v) is 1.70. The second kappa shape index (κ2) is 3.36. The van der Waals surface area contributed by atoms with Crippen LogP contribution in [-0.2, 0) is 0 Å². The van der Waals surface area contributed by atoms with Gasteiger partial charge in [-0.2, -0.15) is 0 Å². The molecule has 2 aromatic rings. The summed E-state index contributed by atoms with van der Waals surface area (Å²) in [6.07, 6.45) is 0. The standard InChI is InChI=1S/C9H6ClN3O2/c10-7-4-6(12-15)3-5-1-2-8(14)13(11)9(5)7/h1-4H,11H2. The van der Waals surface area contributed by atoms with Gasteiger partial charge >= 0.3 is 0 Å². The van der Waals surface area contributed by atoms with E-state index in [0.29, 0.717) is 10.9 Å². The number of nitrogens with two attached hydrogens (primary N) is 1. The molecule has 0 aliphatic carbocycles. The van der Waals surface area contributed by atoms with Gasteiger partial charge in [-0.05, 0) is 23.4 Å². The second-order valence-corrected chi connectivity index (χ2v) is 3.41. The molecule has 0 aliphatic heterocycles. The van der Waals surface area contributed by atoms with Crippen LogP contribution in [0.1, 0.15) is 0 Å². The van der Waals surface area contributed by atoms with E-state index in [9.17, 15) is 9.70 Å². The molecular weight excluding hydrogens is 218 g/mol. The van der Waals surface area contributed by atoms with Gasteiger partial charge in [-0.1, -0.05) is 11.6 Å². The van der Waals surface area contributed by atoms with Gasteiger partial charge in [0.1, 0.15) is 5.69 Å². The first-order valence-corrected chi connectivity index (χ1v) is 4.45. The van der Waals surface area contributed by atoms with Crippen molar-refractivity contribution in [3.63, 3.8) is 0 Å². The van der Waals surface area contributed by atoms with Gasteiger partial charge in [0.2, 0.25) is 0 Å². The average molecular weight is 224 g/mol. The maximum absolute atomic E-state index is 11.2. The van der Waals surface area contributed by atoms with Crippen molar-refractivity contribution in [1.29, 1.82) is 0 Å². The highest BCUT2D eigenvalue weighted by molar-refractivity contribution is 6.35. The molecule has 0 saturated carbocycles. The second-order valence-electron chi connectivity index (χ2n) is 3.00. The maximum Gasteiger partial charge on any atom is 0.269 e. The van der Waals surface area contributed by atoms with E-state index >= 15 is 0 Å². The van der Waals surface area contributed by atoms with Crippen molar-refractivity contribution in [1.82, 2.24) is 4.68 Å². The zero-order chi connectivity index (χ0) is 11.0. The summed E-state index contributed by atoms with van der Waals surface area (Å²) in [4.78, 5) is 21.6. The minimum absolute atomic E-state index is 0.200. The molecule has 5 nitrogen and oxygen atoms in total. The van der Waals surface area contributed by atoms with Crippen molar-refractivity contribution in [3.05, 3.63) is 44.5 Å². The van der Waals surface area contributed by atoms with Crippen LogP contribution in [0, 0.1) is 4.91 Å². The average Bonchev–Trinajstić information content (AvgIpc) is 2.23. The predicted octanol–water partition coefficient (Wildman–Crippen LogP) is 1.77. The lowest BCUT2D eigenvalue weighted by atomic mass is 10.2. The molecule has 0 atom stereocenters. The SMILES string of the molecule is Nn1c(=O)ccc2cc(N=O)cc(Cl)c21. The van der Waals surface area contributed by atoms with Gasteiger partial charge < -0.3 is 5.84 Å². The number of nitrogens with zero attached hydrogens (tertiary/aromatic N) is 2. The molecule has 0 fully saturated rings. The molecule has 2 N–H and O–H groups in total. The van der Waals surface area contributed by atoms with Crippen LogP contribution in [0.2, 0.25) is 5.02 Å². The monoisotopic (exact) mass is 223 g/mol. The van der Waals surface area contributed by atoms with Crippen LogP contribution >= 0.6 is 11.6 Å². The number of halogens is 1. The Morgan fingerprint density at radius 2 is 2.07 bits per heavy atom. The van der Waals surface area contributed by atoms with Crippen molar-refractivity contribution in [2.24, 2.45) is 5.18 Å². The Balaban J connectivity index is 2.97. The van der Waals surface area contributed by atoms with Crippen LogP contribution < -0.4 is 11.4 Å². The zero-order valence-electron chi connectivity index (χ0n) is 7.48. The van der Waals surface area contributed by atoms with E-state index < -0.39 is 0 Å². The number of hydrogen-bond donors (Lipinski definition) is 1. The fourth-order valence-electron chi connectivity index (χ4n) is 1.39. The molecule has 0 amide bonds. The lowest BCUT2D eigenvalue weighted by Gasteiger charge is -2.05. The van der Waals surface area contributed by atoms with Crippen LogP contribution in [0.15, 0.2) is 34.2 Å². The van der Waals surface area contributed by atoms with Crippen molar-refractivity contribution >= 4 is 28.2 Å². The highest BCUT2D eigenvalue weighted by Gasteiger charge is 2.07. The number of fused-ring (bicyclic) bond motifs is 1. The molecule has 6 heteroatoms. The van der Waals surface area contributed by atoms with Crippen molar-refractivity contribution in [3.8, 4) is 0 Å². The number of benzene rings is 1. The normalized spacial score (nSPS) is 10.5. The fraction of sp³-hybridized carbons (Fsp3) is 0. The van der Waals surface area contributed by atoms with Crippen LogP contribution in [0.3, 0.4) is 0 Å². The summed E-state index contributed by atoms with van der Waals surface area (Å²) in [6, 6.07) is 5.71. The minimum Gasteiger partial charge on any atom is -0.336 e. The highest BCUT2D eigenvalue weighted by atomic mass is 35.5. The van der Waals surface area contributed by atoms with Gasteiger partial charge in [0, 0.05) is 11.5 Å². The van der Waals surface area contributed by atoms with E-state index in [4.69, 9.17) is 17.4 Å². The van der Waals surface area contributed by atoms with E-state index in [1.165, 1.54) is 18.2 Å². The molecule has 76 valence electrons. The Morgan fingerprint density at radius 3 is 2.73 bits per heavy atom. The summed E-state index contributed by atoms with van der Waals surface area (Å²) in [7, 11) is 0. The third-order valence-corrected chi connectivity index (χ3v) is 2.35. The zero-order valence-corrected chi connectivity index (χ0v) is 8.23. The first kappa shape index (κ1) is 9.67. The molecule has 0 bridgehead atoms. The maximum atomic E-state index is 11.2. The molecule has 0 spiro atoms. The predicted molar refractivity (Wildman–Crippen MR) is 58.8 cm³/mol. The van der Waals surface area contributed by atoms with Crippen LogP contribution in [0.4, 0.5) is 5.69 Å². The summed E-state index contributed by atoms with van der Waals surface area (Å²) in [5.74, 6) is 5.52. The van der Waals surface area contributed by atoms with Gasteiger partial charge in [-0.3, -0.25) is 4.79 Å². The third-order valence-electron chi connectivity index (χ3n) is 2.07. The Labute approximate surface area is 89.0 Å². The van der Waals surface area contributed by atoms with E-state index in [1.54, 1.807) is 6.07 Å². The Kier molecular flexibility index (Phi) is 2.17. The van der Waals surface area contributed by atoms with Crippen molar-refractivity contribution < 1.29 is 0 Å². The molecule has 1 aromatic carbocycles. The molecule has 2 rings (SSSR count). The van der Waals surface area contributed by atoms with Gasteiger partial charge in [-0.15, -0.1) is 4.91 Å². The summed E-state index contributed by atoms with van der Waals surface area (Å²) < 4.78 is 0.937. The molecule has 0 radical (unpaired) electrons. The van der Waals surface area contributed by atoms with Gasteiger partial charge in [0.05, 0.1) is 10.5 Å². The van der Waals surface area contributed by atoms with E-state index in [1.807, 2.05) is 0 Å². The Bertz CT molecular complexity index is 606. The van der Waals surface area contributed by atoms with Gasteiger partial charge in [0.25, 0.3) is 5.56 Å². The summed E-state index contributed by atoms with van der Waals surface area (Å²) in [5.41, 5.74) is 0.221. The molecular formula is C9H6ClN3O2. The largest absolute Gasteiger partial charge is 0.336 e. The topological polar surface area (TPSA) is 77.4 Å². The molecule has 1 aromatic heterocycles. The van der Waals surface area contributed by atoms with Crippen LogP contribution in [0.25, 0.3) is 10.9 Å². The molecule has 0 unspecified atom stereocenters. The molecule has 0 aliphatic rings. The highest BCUT2D eigenvalue weighted by Crippen LogP contribution is 2.27. The molecule has 15 heavy (non-hydrogen) atoms. The number of nitrogen functional groups attached to an aromatic ring is 1. The smallest absolute Gasteiger partial charge is 0.269 e. The lowest BCUT2D eigenvalue weighted by molar-refractivity contribution is 0.989. The first-order valence-electron chi connectivity index (χ1n) is 4.07. The van der Waals surface area contributed by atoms with E-state index in [-0.39, 0.29) is 16.3 Å². The number of nitroso groups, excluding NO2 is 1. The summed E-state index contributed by atoms with van der Waals surface area (Å²) in [6.45, 7) is 0. The van der Waals surface area contributed by atoms with Gasteiger partial charge in [-0.25, -0.2) is 4.68 Å². The van der Waals surface area contributed by atoms with Gasteiger partial charge in [0.15, 0.2) is 0 Å².